The van der Waals surface area contributed by atoms with Crippen molar-refractivity contribution in [1.82, 2.24) is 15.5 Å². The third kappa shape index (κ3) is 4.58. The zero-order valence-electron chi connectivity index (χ0n) is 13.0. The van der Waals surface area contributed by atoms with Gasteiger partial charge in [0.1, 0.15) is 0 Å². The molecule has 0 saturated heterocycles. The SMILES string of the molecule is CCCNC(CC)c1nnc(CCC2CCCCC2)o1. The molecule has 1 fully saturated rings. The van der Waals surface area contributed by atoms with Crippen LogP contribution in [-0.4, -0.2) is 16.7 Å². The second kappa shape index (κ2) is 8.40. The second-order valence-electron chi connectivity index (χ2n) is 5.99. The molecule has 0 radical (unpaired) electrons. The average Bonchev–Trinajstić information content (AvgIpc) is 2.96. The summed E-state index contributed by atoms with van der Waals surface area (Å²) >= 11 is 0. The van der Waals surface area contributed by atoms with Crippen LogP contribution in [0.4, 0.5) is 0 Å². The molecule has 1 unspecified atom stereocenters. The van der Waals surface area contributed by atoms with Crippen LogP contribution in [-0.2, 0) is 6.42 Å². The molecular weight excluding hydrogens is 250 g/mol. The fraction of sp³-hybridized carbons (Fsp3) is 0.875. The summed E-state index contributed by atoms with van der Waals surface area (Å²) in [6.07, 6.45) is 11.3. The molecule has 4 heteroatoms. The minimum absolute atomic E-state index is 0.214. The van der Waals surface area contributed by atoms with Gasteiger partial charge in [0.05, 0.1) is 6.04 Å². The summed E-state index contributed by atoms with van der Waals surface area (Å²) in [5, 5.41) is 11.9. The standard InChI is InChI=1S/C16H29N3O/c1-3-12-17-14(4-2)16-19-18-15(20-16)11-10-13-8-6-5-7-9-13/h13-14,17H,3-12H2,1-2H3. The Labute approximate surface area is 122 Å². The number of hydrogen-bond acceptors (Lipinski definition) is 4. The van der Waals surface area contributed by atoms with E-state index >= 15 is 0 Å². The number of rotatable bonds is 8. The van der Waals surface area contributed by atoms with Crippen LogP contribution in [0, 0.1) is 5.92 Å². The van der Waals surface area contributed by atoms with E-state index in [1.807, 2.05) is 0 Å². The summed E-state index contributed by atoms with van der Waals surface area (Å²) < 4.78 is 5.84. The Balaban J connectivity index is 1.81. The van der Waals surface area contributed by atoms with E-state index in [1.54, 1.807) is 0 Å². The van der Waals surface area contributed by atoms with Gasteiger partial charge in [0.2, 0.25) is 11.8 Å². The van der Waals surface area contributed by atoms with Crippen molar-refractivity contribution < 1.29 is 4.42 Å². The normalized spacial score (nSPS) is 18.3. The number of aryl methyl sites for hydroxylation is 1. The maximum Gasteiger partial charge on any atom is 0.233 e. The van der Waals surface area contributed by atoms with E-state index in [-0.39, 0.29) is 6.04 Å². The van der Waals surface area contributed by atoms with Gasteiger partial charge < -0.3 is 9.73 Å². The lowest BCUT2D eigenvalue weighted by molar-refractivity contribution is 0.320. The third-order valence-corrected chi connectivity index (χ3v) is 4.32. The van der Waals surface area contributed by atoms with Gasteiger partial charge in [-0.3, -0.25) is 0 Å². The van der Waals surface area contributed by atoms with E-state index in [4.69, 9.17) is 4.42 Å². The Bertz CT molecular complexity index is 372. The van der Waals surface area contributed by atoms with Crippen molar-refractivity contribution in [3.05, 3.63) is 11.8 Å². The molecule has 0 amide bonds. The molecule has 1 saturated carbocycles. The smallest absolute Gasteiger partial charge is 0.233 e. The van der Waals surface area contributed by atoms with Crippen LogP contribution < -0.4 is 5.32 Å². The second-order valence-corrected chi connectivity index (χ2v) is 5.99. The van der Waals surface area contributed by atoms with Crippen LogP contribution >= 0.6 is 0 Å². The monoisotopic (exact) mass is 279 g/mol. The fourth-order valence-corrected chi connectivity index (χ4v) is 3.04. The molecule has 0 bridgehead atoms. The Morgan fingerprint density at radius 2 is 2.00 bits per heavy atom. The van der Waals surface area contributed by atoms with Crippen molar-refractivity contribution in [2.75, 3.05) is 6.54 Å². The molecule has 4 nitrogen and oxygen atoms in total. The van der Waals surface area contributed by atoms with Crippen molar-refractivity contribution >= 4 is 0 Å². The molecule has 1 heterocycles. The van der Waals surface area contributed by atoms with Crippen LogP contribution in [0.3, 0.4) is 0 Å². The predicted octanol–water partition coefficient (Wildman–Crippen LogP) is 4.03. The molecule has 1 aromatic heterocycles. The van der Waals surface area contributed by atoms with Crippen molar-refractivity contribution in [1.29, 1.82) is 0 Å². The average molecular weight is 279 g/mol. The highest BCUT2D eigenvalue weighted by molar-refractivity contribution is 4.90. The van der Waals surface area contributed by atoms with E-state index in [1.165, 1.54) is 38.5 Å². The highest BCUT2D eigenvalue weighted by Crippen LogP contribution is 2.27. The van der Waals surface area contributed by atoms with Gasteiger partial charge in [-0.05, 0) is 31.7 Å². The van der Waals surface area contributed by atoms with Gasteiger partial charge >= 0.3 is 0 Å². The molecule has 114 valence electrons. The zero-order valence-corrected chi connectivity index (χ0v) is 13.0. The Kier molecular flexibility index (Phi) is 6.51. The first-order valence-electron chi connectivity index (χ1n) is 8.39. The Morgan fingerprint density at radius 1 is 1.20 bits per heavy atom. The maximum atomic E-state index is 5.84. The molecule has 1 aliphatic carbocycles. The molecule has 1 N–H and O–H groups in total. The highest BCUT2D eigenvalue weighted by Gasteiger charge is 2.18. The summed E-state index contributed by atoms with van der Waals surface area (Å²) in [7, 11) is 0. The van der Waals surface area contributed by atoms with Gasteiger partial charge in [-0.25, -0.2) is 0 Å². The topological polar surface area (TPSA) is 51.0 Å². The first-order valence-corrected chi connectivity index (χ1v) is 8.39. The van der Waals surface area contributed by atoms with Gasteiger partial charge in [-0.15, -0.1) is 10.2 Å². The molecule has 1 atom stereocenters. The van der Waals surface area contributed by atoms with Gasteiger partial charge in [-0.1, -0.05) is 46.0 Å². The van der Waals surface area contributed by atoms with E-state index in [2.05, 4.69) is 29.4 Å². The van der Waals surface area contributed by atoms with Crippen LogP contribution in [0.25, 0.3) is 0 Å². The minimum atomic E-state index is 0.214. The largest absolute Gasteiger partial charge is 0.424 e. The Hall–Kier alpha value is -0.900. The lowest BCUT2D eigenvalue weighted by Crippen LogP contribution is -2.21. The quantitative estimate of drug-likeness (QED) is 0.780. The molecule has 0 spiro atoms. The van der Waals surface area contributed by atoms with E-state index in [0.717, 1.165) is 43.5 Å². The van der Waals surface area contributed by atoms with Crippen LogP contribution in [0.1, 0.15) is 83.0 Å². The molecule has 1 aliphatic rings. The number of hydrogen-bond donors (Lipinski definition) is 1. The van der Waals surface area contributed by atoms with Gasteiger partial charge in [0, 0.05) is 6.42 Å². The molecule has 0 aromatic carbocycles. The number of nitrogens with zero attached hydrogens (tertiary/aromatic N) is 2. The molecule has 20 heavy (non-hydrogen) atoms. The van der Waals surface area contributed by atoms with Crippen LogP contribution in [0.15, 0.2) is 4.42 Å². The summed E-state index contributed by atoms with van der Waals surface area (Å²) in [4.78, 5) is 0. The lowest BCUT2D eigenvalue weighted by Gasteiger charge is -2.20. The molecule has 2 rings (SSSR count). The van der Waals surface area contributed by atoms with Crippen molar-refractivity contribution in [2.45, 2.75) is 77.7 Å². The summed E-state index contributed by atoms with van der Waals surface area (Å²) in [5.41, 5.74) is 0. The summed E-state index contributed by atoms with van der Waals surface area (Å²) in [6, 6.07) is 0.214. The van der Waals surface area contributed by atoms with Gasteiger partial charge in [0.15, 0.2) is 0 Å². The minimum Gasteiger partial charge on any atom is -0.424 e. The molecule has 1 aromatic rings. The van der Waals surface area contributed by atoms with E-state index in [0.29, 0.717) is 0 Å². The van der Waals surface area contributed by atoms with Crippen molar-refractivity contribution in [3.8, 4) is 0 Å². The predicted molar refractivity (Wildman–Crippen MR) is 80.5 cm³/mol. The first-order chi connectivity index (χ1) is 9.83. The van der Waals surface area contributed by atoms with Crippen molar-refractivity contribution in [2.24, 2.45) is 5.92 Å². The van der Waals surface area contributed by atoms with E-state index in [9.17, 15) is 0 Å². The zero-order chi connectivity index (χ0) is 14.2. The van der Waals surface area contributed by atoms with Gasteiger partial charge in [-0.2, -0.15) is 0 Å². The maximum absolute atomic E-state index is 5.84. The number of nitrogens with one attached hydrogen (secondary N) is 1. The molecule has 0 aliphatic heterocycles. The summed E-state index contributed by atoms with van der Waals surface area (Å²) in [6.45, 7) is 5.32. The Morgan fingerprint density at radius 3 is 2.70 bits per heavy atom. The fourth-order valence-electron chi connectivity index (χ4n) is 3.04. The van der Waals surface area contributed by atoms with Crippen LogP contribution in [0.5, 0.6) is 0 Å². The van der Waals surface area contributed by atoms with E-state index < -0.39 is 0 Å². The third-order valence-electron chi connectivity index (χ3n) is 4.32. The van der Waals surface area contributed by atoms with Gasteiger partial charge in [0.25, 0.3) is 0 Å². The van der Waals surface area contributed by atoms with Crippen LogP contribution in [0.2, 0.25) is 0 Å². The summed E-state index contributed by atoms with van der Waals surface area (Å²) in [5.74, 6) is 2.46. The van der Waals surface area contributed by atoms with Crippen molar-refractivity contribution in [3.63, 3.8) is 0 Å². The number of aromatic nitrogens is 2. The highest BCUT2D eigenvalue weighted by atomic mass is 16.4. The molecular formula is C16H29N3O. The lowest BCUT2D eigenvalue weighted by atomic mass is 9.86. The first kappa shape index (κ1) is 15.5.